The molecule has 2 aromatic rings. The largest absolute Gasteiger partial charge is 0.359 e. The number of ketones is 1. The van der Waals surface area contributed by atoms with Crippen LogP contribution < -0.4 is 9.80 Å². The monoisotopic (exact) mass is 446 g/mol. The molecule has 0 bridgehead atoms. The quantitative estimate of drug-likeness (QED) is 0.493. The van der Waals surface area contributed by atoms with E-state index in [1.165, 1.54) is 12.1 Å². The summed E-state index contributed by atoms with van der Waals surface area (Å²) in [6.45, 7) is 3.89. The van der Waals surface area contributed by atoms with E-state index in [4.69, 9.17) is 0 Å². The minimum atomic E-state index is -0.760. The van der Waals surface area contributed by atoms with Crippen molar-refractivity contribution < 1.29 is 23.4 Å². The van der Waals surface area contributed by atoms with Gasteiger partial charge >= 0.3 is 0 Å². The molecule has 0 fully saturated rings. The van der Waals surface area contributed by atoms with Crippen molar-refractivity contribution in [1.82, 2.24) is 0 Å². The Labute approximate surface area is 181 Å². The number of rotatable bonds is 6. The Morgan fingerprint density at radius 2 is 1.22 bits per heavy atom. The molecule has 2 aromatic carbocycles. The molecule has 4 rings (SSSR count). The second kappa shape index (κ2) is 7.81. The van der Waals surface area contributed by atoms with Gasteiger partial charge in [-0.3, -0.25) is 25.0 Å². The van der Waals surface area contributed by atoms with Crippen LogP contribution in [-0.2, 0) is 17.6 Å². The highest BCUT2D eigenvalue weighted by Gasteiger charge is 2.38. The first-order valence-corrected chi connectivity index (χ1v) is 10.1. The van der Waals surface area contributed by atoms with Crippen LogP contribution in [0.5, 0.6) is 0 Å². The summed E-state index contributed by atoms with van der Waals surface area (Å²) in [4.78, 5) is 37.1. The van der Waals surface area contributed by atoms with E-state index in [1.54, 1.807) is 23.6 Å². The van der Waals surface area contributed by atoms with Gasteiger partial charge in [-0.05, 0) is 37.8 Å². The third-order valence-corrected chi connectivity index (χ3v) is 6.25. The number of benzene rings is 2. The Bertz CT molecular complexity index is 1070. The van der Waals surface area contributed by atoms with Crippen LogP contribution in [-0.4, -0.2) is 40.8 Å². The number of non-ortho nitro benzene ring substituents is 2. The smallest absolute Gasteiger partial charge is 0.272 e. The molecule has 0 saturated carbocycles. The van der Waals surface area contributed by atoms with E-state index < -0.39 is 33.6 Å². The van der Waals surface area contributed by atoms with E-state index in [9.17, 15) is 33.8 Å². The summed E-state index contributed by atoms with van der Waals surface area (Å²) < 4.78 is 29.3. The standard InChI is InChI=1S/C21H20F2N4O5/c1-11(24-5-3-13-7-15(26(29)30)9-17(22)19(13)24)21(28)12(2)25-6-4-14-8-16(27(31)32)10-18(23)20(14)25/h7-12H,3-6H2,1-2H3. The first-order chi connectivity index (χ1) is 15.1. The highest BCUT2D eigenvalue weighted by molar-refractivity contribution is 5.94. The maximum Gasteiger partial charge on any atom is 0.272 e. The molecular formula is C21H20F2N4O5. The minimum Gasteiger partial charge on any atom is -0.359 e. The molecule has 0 saturated heterocycles. The molecule has 0 radical (unpaired) electrons. The van der Waals surface area contributed by atoms with Gasteiger partial charge in [-0.1, -0.05) is 0 Å². The third-order valence-electron chi connectivity index (χ3n) is 6.25. The summed E-state index contributed by atoms with van der Waals surface area (Å²) in [6, 6.07) is 2.81. The van der Waals surface area contributed by atoms with Gasteiger partial charge in [0.2, 0.25) is 0 Å². The van der Waals surface area contributed by atoms with Crippen molar-refractivity contribution in [3.05, 3.63) is 67.3 Å². The number of carbonyl (C=O) groups excluding carboxylic acids is 1. The van der Waals surface area contributed by atoms with Crippen LogP contribution in [0.4, 0.5) is 31.5 Å². The number of hydrogen-bond donors (Lipinski definition) is 0. The van der Waals surface area contributed by atoms with Gasteiger partial charge < -0.3 is 9.80 Å². The number of fused-ring (bicyclic) bond motifs is 2. The van der Waals surface area contributed by atoms with Crippen LogP contribution >= 0.6 is 0 Å². The third kappa shape index (κ3) is 3.43. The van der Waals surface area contributed by atoms with Gasteiger partial charge in [0.1, 0.15) is 0 Å². The van der Waals surface area contributed by atoms with E-state index in [-0.39, 0.29) is 28.5 Å². The molecule has 0 amide bonds. The zero-order valence-electron chi connectivity index (χ0n) is 17.4. The molecule has 32 heavy (non-hydrogen) atoms. The van der Waals surface area contributed by atoms with Crippen molar-refractivity contribution in [2.45, 2.75) is 38.8 Å². The van der Waals surface area contributed by atoms with Crippen LogP contribution in [0.25, 0.3) is 0 Å². The van der Waals surface area contributed by atoms with Gasteiger partial charge in [-0.15, -0.1) is 0 Å². The Morgan fingerprint density at radius 3 is 1.56 bits per heavy atom. The van der Waals surface area contributed by atoms with Crippen molar-refractivity contribution >= 4 is 28.5 Å². The van der Waals surface area contributed by atoms with Crippen LogP contribution in [0.2, 0.25) is 0 Å². The predicted octanol–water partition coefficient (Wildman–Crippen LogP) is 3.55. The lowest BCUT2D eigenvalue weighted by Gasteiger charge is -2.33. The van der Waals surface area contributed by atoms with Crippen molar-refractivity contribution in [3.8, 4) is 0 Å². The van der Waals surface area contributed by atoms with Gasteiger partial charge in [-0.2, -0.15) is 0 Å². The van der Waals surface area contributed by atoms with Crippen LogP contribution in [0.3, 0.4) is 0 Å². The van der Waals surface area contributed by atoms with Crippen LogP contribution in [0.1, 0.15) is 25.0 Å². The molecule has 11 heteroatoms. The second-order valence-corrected chi connectivity index (χ2v) is 8.03. The summed E-state index contributed by atoms with van der Waals surface area (Å²) in [6.07, 6.45) is 0.732. The maximum atomic E-state index is 14.7. The Balaban J connectivity index is 1.59. The van der Waals surface area contributed by atoms with E-state index in [1.807, 2.05) is 0 Å². The van der Waals surface area contributed by atoms with Gasteiger partial charge in [-0.25, -0.2) is 8.78 Å². The molecule has 168 valence electrons. The molecule has 2 aliphatic rings. The number of nitrogens with zero attached hydrogens (tertiary/aromatic N) is 4. The molecule has 2 unspecified atom stereocenters. The molecule has 0 N–H and O–H groups in total. The molecule has 0 aromatic heterocycles. The molecule has 9 nitrogen and oxygen atoms in total. The molecule has 0 aliphatic carbocycles. The summed E-state index contributed by atoms with van der Waals surface area (Å²) in [5.74, 6) is -1.80. The zero-order chi connectivity index (χ0) is 23.3. The Kier molecular flexibility index (Phi) is 5.27. The number of Topliss-reactive ketones (excluding diaryl/α,β-unsaturated/α-hetero) is 1. The number of nitro benzene ring substituents is 2. The fourth-order valence-corrected chi connectivity index (χ4v) is 4.65. The highest BCUT2D eigenvalue weighted by atomic mass is 19.1. The number of halogens is 2. The van der Waals surface area contributed by atoms with Crippen LogP contribution in [0.15, 0.2) is 24.3 Å². The normalized spacial score (nSPS) is 16.5. The topological polar surface area (TPSA) is 110 Å². The summed E-state index contributed by atoms with van der Waals surface area (Å²) in [5.41, 5.74) is 0.602. The predicted molar refractivity (Wildman–Crippen MR) is 112 cm³/mol. The maximum absolute atomic E-state index is 14.7. The number of hydrogen-bond acceptors (Lipinski definition) is 7. The van der Waals surface area contributed by atoms with Gasteiger partial charge in [0.05, 0.1) is 45.4 Å². The fraction of sp³-hybridized carbons (Fsp3) is 0.381. The molecular weight excluding hydrogens is 426 g/mol. The minimum absolute atomic E-state index is 0.173. The number of nitro groups is 2. The van der Waals surface area contributed by atoms with Gasteiger partial charge in [0.25, 0.3) is 11.4 Å². The lowest BCUT2D eigenvalue weighted by Crippen LogP contribution is -2.49. The molecule has 0 spiro atoms. The average Bonchev–Trinajstić information content (AvgIpc) is 3.36. The lowest BCUT2D eigenvalue weighted by molar-refractivity contribution is -0.385. The zero-order valence-corrected chi connectivity index (χ0v) is 17.4. The summed E-state index contributed by atoms with van der Waals surface area (Å²) in [7, 11) is 0. The first kappa shape index (κ1) is 21.6. The van der Waals surface area contributed by atoms with Gasteiger partial charge in [0.15, 0.2) is 17.4 Å². The summed E-state index contributed by atoms with van der Waals surface area (Å²) >= 11 is 0. The second-order valence-electron chi connectivity index (χ2n) is 8.03. The van der Waals surface area contributed by atoms with E-state index in [0.29, 0.717) is 37.1 Å². The van der Waals surface area contributed by atoms with Crippen molar-refractivity contribution in [2.75, 3.05) is 22.9 Å². The first-order valence-electron chi connectivity index (χ1n) is 10.1. The van der Waals surface area contributed by atoms with Crippen LogP contribution in [0, 0.1) is 31.9 Å². The fourth-order valence-electron chi connectivity index (χ4n) is 4.65. The van der Waals surface area contributed by atoms with E-state index in [2.05, 4.69) is 0 Å². The number of carbonyl (C=O) groups is 1. The molecule has 2 aliphatic heterocycles. The highest BCUT2D eigenvalue weighted by Crippen LogP contribution is 2.38. The van der Waals surface area contributed by atoms with E-state index >= 15 is 0 Å². The van der Waals surface area contributed by atoms with E-state index in [0.717, 1.165) is 12.1 Å². The summed E-state index contributed by atoms with van der Waals surface area (Å²) in [5, 5.41) is 22.0. The Hall–Kier alpha value is -3.63. The number of anilines is 2. The Morgan fingerprint density at radius 1 is 0.844 bits per heavy atom. The lowest BCUT2D eigenvalue weighted by atomic mass is 10.0. The molecule has 2 atom stereocenters. The van der Waals surface area contributed by atoms with Crippen molar-refractivity contribution in [2.24, 2.45) is 0 Å². The van der Waals surface area contributed by atoms with Gasteiger partial charge in [0, 0.05) is 25.2 Å². The molecule has 2 heterocycles. The van der Waals surface area contributed by atoms with Crippen molar-refractivity contribution in [1.29, 1.82) is 0 Å². The SMILES string of the molecule is CC(C(=O)C(C)N1CCc2cc([N+](=O)[O-])cc(F)c21)N1CCc2cc([N+](=O)[O-])cc(F)c21. The average molecular weight is 446 g/mol. The van der Waals surface area contributed by atoms with Crippen molar-refractivity contribution in [3.63, 3.8) is 0 Å².